The maximum Gasteiger partial charge on any atom is 0.321 e. The number of carbonyl (C=O) groups is 1. The summed E-state index contributed by atoms with van der Waals surface area (Å²) < 4.78 is 28.2. The number of oxime groups is 1. The molecule has 10 heteroatoms. The number of piperazine rings is 1. The minimum absolute atomic E-state index is 0.109. The zero-order valence-corrected chi connectivity index (χ0v) is 20.2. The standard InChI is InChI=1S/C25H25F2N5O2S/c1-15-6-7-16(2)19(12-15)28-24(33)31-8-10-32(11-9-31)25-29-21(14-35-25)20-13-22(34-30-20)23-17(26)4-3-5-18(23)27/h3-7,12,14,22H,8-11,13H2,1-2H3,(H,28,33). The highest BCUT2D eigenvalue weighted by molar-refractivity contribution is 7.14. The molecule has 0 saturated carbocycles. The van der Waals surface area contributed by atoms with Crippen LogP contribution >= 0.6 is 11.3 Å². The maximum absolute atomic E-state index is 14.1. The monoisotopic (exact) mass is 497 g/mol. The van der Waals surface area contributed by atoms with Gasteiger partial charge in [-0.15, -0.1) is 11.3 Å². The lowest BCUT2D eigenvalue weighted by molar-refractivity contribution is 0.0800. The van der Waals surface area contributed by atoms with Crippen LogP contribution in [0.1, 0.15) is 34.9 Å². The summed E-state index contributed by atoms with van der Waals surface area (Å²) in [7, 11) is 0. The zero-order chi connectivity index (χ0) is 24.5. The van der Waals surface area contributed by atoms with Gasteiger partial charge in [0.15, 0.2) is 11.2 Å². The van der Waals surface area contributed by atoms with Crippen molar-refractivity contribution in [2.24, 2.45) is 5.16 Å². The van der Waals surface area contributed by atoms with E-state index < -0.39 is 17.7 Å². The Labute approximate surface area is 206 Å². The van der Waals surface area contributed by atoms with Gasteiger partial charge in [-0.2, -0.15) is 0 Å². The number of rotatable bonds is 4. The summed E-state index contributed by atoms with van der Waals surface area (Å²) in [5, 5.41) is 9.74. The number of hydrogen-bond donors (Lipinski definition) is 1. The van der Waals surface area contributed by atoms with Gasteiger partial charge in [0.05, 0.1) is 5.56 Å². The molecule has 1 atom stereocenters. The molecule has 5 rings (SSSR count). The molecule has 7 nitrogen and oxygen atoms in total. The second-order valence-corrected chi connectivity index (χ2v) is 9.55. The van der Waals surface area contributed by atoms with Crippen molar-refractivity contribution in [3.05, 3.63) is 75.8 Å². The molecule has 1 saturated heterocycles. The van der Waals surface area contributed by atoms with E-state index in [4.69, 9.17) is 4.84 Å². The molecule has 35 heavy (non-hydrogen) atoms. The summed E-state index contributed by atoms with van der Waals surface area (Å²) in [4.78, 5) is 26.7. The van der Waals surface area contributed by atoms with Crippen LogP contribution in [0.4, 0.5) is 24.4 Å². The van der Waals surface area contributed by atoms with Gasteiger partial charge in [-0.25, -0.2) is 18.6 Å². The Hall–Kier alpha value is -3.53. The van der Waals surface area contributed by atoms with E-state index >= 15 is 0 Å². The first-order valence-electron chi connectivity index (χ1n) is 11.4. The topological polar surface area (TPSA) is 70.1 Å². The van der Waals surface area contributed by atoms with Crippen LogP contribution in [-0.4, -0.2) is 47.8 Å². The Balaban J connectivity index is 1.18. The van der Waals surface area contributed by atoms with Crippen LogP contribution in [0.5, 0.6) is 0 Å². The van der Waals surface area contributed by atoms with Gasteiger partial charge in [-0.1, -0.05) is 23.4 Å². The average Bonchev–Trinajstić information content (AvgIpc) is 3.52. The molecule has 0 spiro atoms. The van der Waals surface area contributed by atoms with Crippen molar-refractivity contribution in [1.29, 1.82) is 0 Å². The van der Waals surface area contributed by atoms with Gasteiger partial charge in [0.25, 0.3) is 0 Å². The van der Waals surface area contributed by atoms with Crippen molar-refractivity contribution in [3.63, 3.8) is 0 Å². The molecule has 2 aromatic carbocycles. The predicted octanol–water partition coefficient (Wildman–Crippen LogP) is 5.26. The summed E-state index contributed by atoms with van der Waals surface area (Å²) in [6.45, 7) is 6.42. The molecular formula is C25H25F2N5O2S. The van der Waals surface area contributed by atoms with E-state index in [1.54, 1.807) is 4.90 Å². The molecule has 2 amide bonds. The van der Waals surface area contributed by atoms with Gasteiger partial charge in [-0.05, 0) is 43.2 Å². The number of urea groups is 1. The number of carbonyl (C=O) groups excluding carboxylic acids is 1. The normalized spacial score (nSPS) is 17.8. The van der Waals surface area contributed by atoms with E-state index in [0.29, 0.717) is 37.6 Å². The van der Waals surface area contributed by atoms with E-state index in [9.17, 15) is 13.6 Å². The number of anilines is 2. The molecule has 1 N–H and O–H groups in total. The predicted molar refractivity (Wildman–Crippen MR) is 132 cm³/mol. The number of nitrogens with zero attached hydrogens (tertiary/aromatic N) is 4. The van der Waals surface area contributed by atoms with Gasteiger partial charge in [0.2, 0.25) is 0 Å². The Morgan fingerprint density at radius 1 is 1.11 bits per heavy atom. The second kappa shape index (κ2) is 9.61. The fraction of sp³-hybridized carbons (Fsp3) is 0.320. The minimum atomic E-state index is -0.810. The molecule has 2 aliphatic rings. The number of benzene rings is 2. The molecule has 2 aliphatic heterocycles. The smallest absolute Gasteiger partial charge is 0.321 e. The summed E-state index contributed by atoms with van der Waals surface area (Å²) in [6.07, 6.45) is -0.566. The van der Waals surface area contributed by atoms with E-state index in [1.165, 1.54) is 29.5 Å². The van der Waals surface area contributed by atoms with E-state index in [2.05, 4.69) is 20.4 Å². The van der Waals surface area contributed by atoms with Gasteiger partial charge >= 0.3 is 6.03 Å². The molecule has 1 aromatic heterocycles. The van der Waals surface area contributed by atoms with Crippen molar-refractivity contribution < 1.29 is 18.4 Å². The van der Waals surface area contributed by atoms with E-state index in [-0.39, 0.29) is 18.0 Å². The van der Waals surface area contributed by atoms with Crippen LogP contribution in [-0.2, 0) is 4.84 Å². The number of hydrogen-bond acceptors (Lipinski definition) is 6. The van der Waals surface area contributed by atoms with Crippen molar-refractivity contribution in [2.45, 2.75) is 26.4 Å². The number of thiazole rings is 1. The third-order valence-corrected chi connectivity index (χ3v) is 7.15. The largest absolute Gasteiger partial charge is 0.387 e. The van der Waals surface area contributed by atoms with Crippen LogP contribution < -0.4 is 10.2 Å². The first kappa shape index (κ1) is 23.2. The fourth-order valence-corrected chi connectivity index (χ4v) is 5.10. The minimum Gasteiger partial charge on any atom is -0.387 e. The zero-order valence-electron chi connectivity index (χ0n) is 19.4. The van der Waals surface area contributed by atoms with Crippen LogP contribution in [0.15, 0.2) is 46.9 Å². The third kappa shape index (κ3) is 4.84. The molecule has 1 unspecified atom stereocenters. The van der Waals surface area contributed by atoms with Crippen LogP contribution in [0.2, 0.25) is 0 Å². The van der Waals surface area contributed by atoms with Crippen LogP contribution in [0.25, 0.3) is 0 Å². The number of halogens is 2. The summed E-state index contributed by atoms with van der Waals surface area (Å²) >= 11 is 1.47. The number of nitrogens with one attached hydrogen (secondary N) is 1. The van der Waals surface area contributed by atoms with Gasteiger partial charge < -0.3 is 20.0 Å². The fourth-order valence-electron chi connectivity index (χ4n) is 4.21. The number of aromatic nitrogens is 1. The second-order valence-electron chi connectivity index (χ2n) is 8.71. The molecule has 0 bridgehead atoms. The van der Waals surface area contributed by atoms with Gasteiger partial charge in [0.1, 0.15) is 23.0 Å². The molecule has 1 fully saturated rings. The highest BCUT2D eigenvalue weighted by Gasteiger charge is 2.31. The van der Waals surface area contributed by atoms with Crippen molar-refractivity contribution in [3.8, 4) is 0 Å². The summed E-state index contributed by atoms with van der Waals surface area (Å²) in [5.74, 6) is -1.30. The van der Waals surface area contributed by atoms with E-state index in [0.717, 1.165) is 21.9 Å². The molecule has 0 radical (unpaired) electrons. The first-order valence-corrected chi connectivity index (χ1v) is 12.3. The van der Waals surface area contributed by atoms with Crippen LogP contribution in [0.3, 0.4) is 0 Å². The van der Waals surface area contributed by atoms with Crippen molar-refractivity contribution in [2.75, 3.05) is 36.4 Å². The van der Waals surface area contributed by atoms with Gasteiger partial charge in [-0.3, -0.25) is 0 Å². The first-order chi connectivity index (χ1) is 16.9. The molecule has 0 aliphatic carbocycles. The Morgan fingerprint density at radius 2 is 1.86 bits per heavy atom. The maximum atomic E-state index is 14.1. The third-order valence-electron chi connectivity index (χ3n) is 6.25. The highest BCUT2D eigenvalue weighted by Crippen LogP contribution is 2.34. The van der Waals surface area contributed by atoms with Gasteiger partial charge in [0, 0.05) is 43.7 Å². The molecular weight excluding hydrogens is 472 g/mol. The summed E-state index contributed by atoms with van der Waals surface area (Å²) in [5.41, 5.74) is 4.03. The lowest BCUT2D eigenvalue weighted by Crippen LogP contribution is -2.50. The SMILES string of the molecule is Cc1ccc(C)c(NC(=O)N2CCN(c3nc(C4=NOC(c5c(F)cccc5F)C4)cs3)CC2)c1. The average molecular weight is 498 g/mol. The number of aryl methyl sites for hydroxylation is 2. The highest BCUT2D eigenvalue weighted by atomic mass is 32.1. The Kier molecular flexibility index (Phi) is 6.38. The Morgan fingerprint density at radius 3 is 2.60 bits per heavy atom. The molecule has 3 heterocycles. The molecule has 3 aromatic rings. The van der Waals surface area contributed by atoms with Crippen molar-refractivity contribution in [1.82, 2.24) is 9.88 Å². The van der Waals surface area contributed by atoms with E-state index in [1.807, 2.05) is 37.4 Å². The lowest BCUT2D eigenvalue weighted by Gasteiger charge is -2.34. The lowest BCUT2D eigenvalue weighted by atomic mass is 10.0. The quantitative estimate of drug-likeness (QED) is 0.534. The number of amides is 2. The summed E-state index contributed by atoms with van der Waals surface area (Å²) in [6, 6.07) is 9.63. The molecule has 182 valence electrons. The Bertz CT molecular complexity index is 1270. The van der Waals surface area contributed by atoms with Crippen molar-refractivity contribution >= 4 is 33.9 Å². The van der Waals surface area contributed by atoms with Crippen LogP contribution in [0, 0.1) is 25.5 Å².